The maximum absolute atomic E-state index is 11.0. The van der Waals surface area contributed by atoms with Gasteiger partial charge in [0, 0.05) is 13.1 Å². The van der Waals surface area contributed by atoms with Crippen molar-refractivity contribution in [3.8, 4) is 29.1 Å². The topological polar surface area (TPSA) is 84.2 Å². The van der Waals surface area contributed by atoms with Gasteiger partial charge in [0.15, 0.2) is 23.0 Å². The van der Waals surface area contributed by atoms with Gasteiger partial charge < -0.3 is 29.0 Å². The lowest BCUT2D eigenvalue weighted by atomic mass is 9.69. The molecule has 7 nitrogen and oxygen atoms in total. The first-order valence-electron chi connectivity index (χ1n) is 11.5. The molecule has 0 saturated heterocycles. The Balaban J connectivity index is 2.10. The van der Waals surface area contributed by atoms with Gasteiger partial charge in [-0.1, -0.05) is 26.0 Å². The van der Waals surface area contributed by atoms with Gasteiger partial charge in [-0.3, -0.25) is 0 Å². The van der Waals surface area contributed by atoms with Crippen LogP contribution in [0.15, 0.2) is 36.4 Å². The van der Waals surface area contributed by atoms with Crippen LogP contribution < -0.4 is 18.9 Å². The summed E-state index contributed by atoms with van der Waals surface area (Å²) in [6, 6.07) is 13.9. The van der Waals surface area contributed by atoms with Gasteiger partial charge in [-0.25, -0.2) is 0 Å². The van der Waals surface area contributed by atoms with Crippen LogP contribution in [0.1, 0.15) is 31.4 Å². The van der Waals surface area contributed by atoms with E-state index in [-0.39, 0.29) is 5.92 Å². The summed E-state index contributed by atoms with van der Waals surface area (Å²) in [5.41, 5.74) is 1.08. The van der Waals surface area contributed by atoms with Crippen molar-refractivity contribution < 1.29 is 24.1 Å². The van der Waals surface area contributed by atoms with Crippen molar-refractivity contribution in [2.45, 2.75) is 38.2 Å². The number of ether oxygens (including phenoxy) is 4. The molecular weight excluding hydrogens is 432 g/mol. The van der Waals surface area contributed by atoms with E-state index in [2.05, 4.69) is 11.0 Å². The molecule has 0 fully saturated rings. The Morgan fingerprint density at radius 3 is 2.00 bits per heavy atom. The Hall–Kier alpha value is -2.95. The van der Waals surface area contributed by atoms with Crippen LogP contribution in [0, 0.1) is 17.2 Å². The molecule has 2 aromatic rings. The number of methoxy groups -OCH3 is 4. The van der Waals surface area contributed by atoms with E-state index in [4.69, 9.17) is 18.9 Å². The van der Waals surface area contributed by atoms with E-state index < -0.39 is 11.5 Å². The quantitative estimate of drug-likeness (QED) is 0.472. The summed E-state index contributed by atoms with van der Waals surface area (Å²) >= 11 is 0. The molecular formula is C27H38N2O5. The first-order valence-corrected chi connectivity index (χ1v) is 11.5. The molecule has 186 valence electrons. The molecule has 0 spiro atoms. The van der Waals surface area contributed by atoms with E-state index in [0.717, 1.165) is 24.1 Å². The van der Waals surface area contributed by atoms with Gasteiger partial charge in [0.05, 0.1) is 46.0 Å². The van der Waals surface area contributed by atoms with Crippen LogP contribution in [0.5, 0.6) is 23.0 Å². The molecule has 0 aliphatic heterocycles. The minimum Gasteiger partial charge on any atom is -0.493 e. The third-order valence-corrected chi connectivity index (χ3v) is 6.39. The second-order valence-corrected chi connectivity index (χ2v) is 8.87. The van der Waals surface area contributed by atoms with E-state index in [1.165, 1.54) is 0 Å². The summed E-state index contributed by atoms with van der Waals surface area (Å²) in [7, 11) is 8.38. The van der Waals surface area contributed by atoms with Crippen LogP contribution in [0.4, 0.5) is 0 Å². The van der Waals surface area contributed by atoms with Crippen LogP contribution in [0.25, 0.3) is 0 Å². The van der Waals surface area contributed by atoms with Gasteiger partial charge in [0.1, 0.15) is 0 Å². The molecule has 0 aromatic heterocycles. The summed E-state index contributed by atoms with van der Waals surface area (Å²) in [6.45, 7) is 5.22. The van der Waals surface area contributed by atoms with Crippen molar-refractivity contribution in [3.63, 3.8) is 0 Å². The van der Waals surface area contributed by atoms with E-state index in [0.29, 0.717) is 36.0 Å². The molecule has 2 unspecified atom stereocenters. The van der Waals surface area contributed by atoms with Gasteiger partial charge in [-0.2, -0.15) is 5.26 Å². The second-order valence-electron chi connectivity index (χ2n) is 8.87. The first-order chi connectivity index (χ1) is 16.2. The first kappa shape index (κ1) is 27.3. The van der Waals surface area contributed by atoms with Gasteiger partial charge >= 0.3 is 0 Å². The zero-order valence-corrected chi connectivity index (χ0v) is 21.4. The van der Waals surface area contributed by atoms with Gasteiger partial charge in [0.2, 0.25) is 0 Å². The van der Waals surface area contributed by atoms with E-state index in [1.54, 1.807) is 28.4 Å². The predicted molar refractivity (Wildman–Crippen MR) is 133 cm³/mol. The van der Waals surface area contributed by atoms with Crippen molar-refractivity contribution in [1.29, 1.82) is 5.26 Å². The smallest absolute Gasteiger partial charge is 0.161 e. The van der Waals surface area contributed by atoms with Crippen LogP contribution in [-0.4, -0.2) is 64.7 Å². The number of nitriles is 1. The fourth-order valence-electron chi connectivity index (χ4n) is 4.28. The molecule has 0 aliphatic rings. The largest absolute Gasteiger partial charge is 0.493 e. The number of likely N-dealkylation sites (N-methyl/N-ethyl adjacent to an activating group) is 1. The van der Waals surface area contributed by atoms with Gasteiger partial charge in [-0.15, -0.1) is 0 Å². The third-order valence-electron chi connectivity index (χ3n) is 6.39. The Morgan fingerprint density at radius 1 is 0.912 bits per heavy atom. The Kier molecular flexibility index (Phi) is 10.0. The molecule has 0 radical (unpaired) electrons. The number of benzene rings is 2. The third kappa shape index (κ3) is 6.34. The highest BCUT2D eigenvalue weighted by molar-refractivity contribution is 5.47. The highest BCUT2D eigenvalue weighted by Gasteiger charge is 2.39. The van der Waals surface area contributed by atoms with Crippen LogP contribution in [-0.2, 0) is 11.8 Å². The highest BCUT2D eigenvalue weighted by Crippen LogP contribution is 2.40. The van der Waals surface area contributed by atoms with Gasteiger partial charge in [-0.05, 0) is 61.2 Å². The zero-order chi connectivity index (χ0) is 25.3. The molecule has 2 aromatic carbocycles. The van der Waals surface area contributed by atoms with Crippen molar-refractivity contribution >= 4 is 0 Å². The van der Waals surface area contributed by atoms with E-state index in [9.17, 15) is 10.4 Å². The molecule has 0 bridgehead atoms. The number of nitrogens with zero attached hydrogens (tertiary/aromatic N) is 2. The summed E-state index contributed by atoms with van der Waals surface area (Å²) in [6.07, 6.45) is 0.440. The van der Waals surface area contributed by atoms with Crippen LogP contribution in [0.3, 0.4) is 0 Å². The van der Waals surface area contributed by atoms with Crippen molar-refractivity contribution in [1.82, 2.24) is 4.90 Å². The summed E-state index contributed by atoms with van der Waals surface area (Å²) < 4.78 is 21.5. The second kappa shape index (κ2) is 12.5. The molecule has 0 amide bonds. The summed E-state index contributed by atoms with van der Waals surface area (Å²) in [5, 5.41) is 21.2. The Labute approximate surface area is 203 Å². The Morgan fingerprint density at radius 2 is 1.47 bits per heavy atom. The molecule has 0 aliphatic carbocycles. The van der Waals surface area contributed by atoms with Crippen molar-refractivity contribution in [2.75, 3.05) is 48.6 Å². The zero-order valence-electron chi connectivity index (χ0n) is 21.4. The fourth-order valence-corrected chi connectivity index (χ4v) is 4.28. The monoisotopic (exact) mass is 470 g/mol. The molecule has 34 heavy (non-hydrogen) atoms. The summed E-state index contributed by atoms with van der Waals surface area (Å²) in [4.78, 5) is 2.08. The molecule has 2 atom stereocenters. The van der Waals surface area contributed by atoms with Crippen LogP contribution >= 0.6 is 0 Å². The SMILES string of the molecule is COc1ccc(CCN(C)CC(O)CC(C#N)(c2ccc(OC)c(OC)c2)C(C)C)cc1OC. The Bertz CT molecular complexity index is 972. The lowest BCUT2D eigenvalue weighted by Gasteiger charge is -2.34. The lowest BCUT2D eigenvalue weighted by molar-refractivity contribution is 0.0933. The standard InChI is InChI=1S/C27H38N2O5/c1-19(2)27(18-28,21-9-11-24(32-5)26(15-21)34-7)16-22(30)17-29(3)13-12-20-8-10-23(31-4)25(14-20)33-6/h8-11,14-15,19,22,30H,12-13,16-17H2,1-7H3. The maximum atomic E-state index is 11.0. The summed E-state index contributed by atoms with van der Waals surface area (Å²) in [5.74, 6) is 2.57. The number of aliphatic hydroxyl groups is 1. The predicted octanol–water partition coefficient (Wildman–Crippen LogP) is 4.06. The van der Waals surface area contributed by atoms with Crippen molar-refractivity contribution in [2.24, 2.45) is 5.92 Å². The van der Waals surface area contributed by atoms with Gasteiger partial charge in [0.25, 0.3) is 0 Å². The lowest BCUT2D eigenvalue weighted by Crippen LogP contribution is -2.39. The van der Waals surface area contributed by atoms with E-state index >= 15 is 0 Å². The number of hydrogen-bond acceptors (Lipinski definition) is 7. The molecule has 0 heterocycles. The van der Waals surface area contributed by atoms with Crippen LogP contribution in [0.2, 0.25) is 0 Å². The molecule has 2 rings (SSSR count). The maximum Gasteiger partial charge on any atom is 0.161 e. The highest BCUT2D eigenvalue weighted by atomic mass is 16.5. The molecule has 7 heteroatoms. The number of hydrogen-bond donors (Lipinski definition) is 1. The van der Waals surface area contributed by atoms with E-state index in [1.807, 2.05) is 57.3 Å². The molecule has 1 N–H and O–H groups in total. The minimum atomic E-state index is -0.858. The normalized spacial score (nSPS) is 13.8. The fraction of sp³-hybridized carbons (Fsp3) is 0.519. The van der Waals surface area contributed by atoms with Crippen molar-refractivity contribution in [3.05, 3.63) is 47.5 Å². The molecule has 0 saturated carbocycles. The minimum absolute atomic E-state index is 0.0117. The number of rotatable bonds is 13. The number of aliphatic hydroxyl groups excluding tert-OH is 1. The average Bonchev–Trinajstić information content (AvgIpc) is 2.85. The average molecular weight is 471 g/mol.